The van der Waals surface area contributed by atoms with E-state index in [4.69, 9.17) is 5.73 Å². The first kappa shape index (κ1) is 16.6. The maximum atomic E-state index is 9.30. The van der Waals surface area contributed by atoms with Crippen LogP contribution in [0.5, 0.6) is 0 Å². The zero-order valence-corrected chi connectivity index (χ0v) is 14.4. The Hall–Kier alpha value is -1.30. The van der Waals surface area contributed by atoms with E-state index in [0.29, 0.717) is 6.61 Å². The van der Waals surface area contributed by atoms with Gasteiger partial charge in [-0.3, -0.25) is 4.90 Å². The SMILES string of the molecule is CC[N+]1(CCO)CCN(CCN2CCc3ccc(N)cc32)CC1. The second-order valence-electron chi connectivity index (χ2n) is 7.02. The highest BCUT2D eigenvalue weighted by molar-refractivity contribution is 5.64. The molecule has 0 unspecified atom stereocenters. The number of nitrogens with two attached hydrogens (primary N) is 1. The Balaban J connectivity index is 1.51. The third kappa shape index (κ3) is 3.62. The van der Waals surface area contributed by atoms with Gasteiger partial charge in [0.1, 0.15) is 6.54 Å². The van der Waals surface area contributed by atoms with Crippen LogP contribution in [0.2, 0.25) is 0 Å². The normalized spacial score (nSPS) is 20.7. The molecule has 0 aliphatic carbocycles. The first-order valence-corrected chi connectivity index (χ1v) is 8.97. The average Bonchev–Trinajstić information content (AvgIpc) is 2.97. The Morgan fingerprint density at radius 2 is 1.96 bits per heavy atom. The lowest BCUT2D eigenvalue weighted by Crippen LogP contribution is -2.61. The molecule has 3 rings (SSSR count). The Kier molecular flexibility index (Phi) is 5.09. The molecule has 2 aliphatic heterocycles. The van der Waals surface area contributed by atoms with E-state index in [1.807, 2.05) is 6.07 Å². The van der Waals surface area contributed by atoms with Crippen molar-refractivity contribution in [3.05, 3.63) is 23.8 Å². The first-order chi connectivity index (χ1) is 11.2. The van der Waals surface area contributed by atoms with E-state index in [1.54, 1.807) is 0 Å². The molecule has 1 aromatic rings. The molecule has 128 valence electrons. The van der Waals surface area contributed by atoms with Crippen molar-refractivity contribution >= 4 is 11.4 Å². The molecule has 0 bridgehead atoms. The molecular weight excluding hydrogens is 288 g/mol. The summed E-state index contributed by atoms with van der Waals surface area (Å²) < 4.78 is 1.08. The maximum absolute atomic E-state index is 9.30. The van der Waals surface area contributed by atoms with Gasteiger partial charge in [-0.15, -0.1) is 0 Å². The van der Waals surface area contributed by atoms with Crippen molar-refractivity contribution in [1.29, 1.82) is 0 Å². The van der Waals surface area contributed by atoms with Gasteiger partial charge in [-0.2, -0.15) is 0 Å². The molecule has 1 saturated heterocycles. The van der Waals surface area contributed by atoms with Gasteiger partial charge in [0.05, 0.1) is 26.2 Å². The number of quaternary nitrogens is 1. The van der Waals surface area contributed by atoms with Gasteiger partial charge in [-0.1, -0.05) is 6.07 Å². The summed E-state index contributed by atoms with van der Waals surface area (Å²) in [4.78, 5) is 5.06. The van der Waals surface area contributed by atoms with Crippen molar-refractivity contribution < 1.29 is 9.59 Å². The molecule has 0 atom stereocenters. The molecule has 5 nitrogen and oxygen atoms in total. The molecule has 23 heavy (non-hydrogen) atoms. The number of anilines is 2. The maximum Gasteiger partial charge on any atom is 0.102 e. The smallest absolute Gasteiger partial charge is 0.102 e. The summed E-state index contributed by atoms with van der Waals surface area (Å²) in [5.41, 5.74) is 9.58. The Bertz CT molecular complexity index is 526. The van der Waals surface area contributed by atoms with Crippen LogP contribution >= 0.6 is 0 Å². The summed E-state index contributed by atoms with van der Waals surface area (Å²) in [6.45, 7) is 12.5. The number of aliphatic hydroxyl groups is 1. The van der Waals surface area contributed by atoms with Crippen LogP contribution in [0.1, 0.15) is 12.5 Å². The lowest BCUT2D eigenvalue weighted by atomic mass is 10.1. The minimum atomic E-state index is 0.305. The predicted molar refractivity (Wildman–Crippen MR) is 95.7 cm³/mol. The van der Waals surface area contributed by atoms with Crippen LogP contribution in [-0.4, -0.2) is 80.0 Å². The number of benzene rings is 1. The fraction of sp³-hybridized carbons (Fsp3) is 0.667. The Labute approximate surface area is 139 Å². The molecule has 3 N–H and O–H groups in total. The number of nitrogen functional groups attached to an aromatic ring is 1. The minimum absolute atomic E-state index is 0.305. The van der Waals surface area contributed by atoms with E-state index in [0.717, 1.165) is 62.4 Å². The quantitative estimate of drug-likeness (QED) is 0.601. The average molecular weight is 319 g/mol. The van der Waals surface area contributed by atoms with Gasteiger partial charge in [-0.25, -0.2) is 0 Å². The van der Waals surface area contributed by atoms with Gasteiger partial charge in [0.25, 0.3) is 0 Å². The zero-order chi connectivity index (χ0) is 16.3. The van der Waals surface area contributed by atoms with Crippen molar-refractivity contribution in [2.24, 2.45) is 0 Å². The van der Waals surface area contributed by atoms with Crippen molar-refractivity contribution in [3.63, 3.8) is 0 Å². The summed E-state index contributed by atoms with van der Waals surface area (Å²) in [6.07, 6.45) is 1.14. The van der Waals surface area contributed by atoms with E-state index < -0.39 is 0 Å². The van der Waals surface area contributed by atoms with E-state index in [1.165, 1.54) is 24.3 Å². The van der Waals surface area contributed by atoms with Gasteiger partial charge in [-0.05, 0) is 31.0 Å². The van der Waals surface area contributed by atoms with Crippen LogP contribution in [-0.2, 0) is 6.42 Å². The summed E-state index contributed by atoms with van der Waals surface area (Å²) in [5.74, 6) is 0. The number of fused-ring (bicyclic) bond motifs is 1. The fourth-order valence-corrected chi connectivity index (χ4v) is 4.02. The Morgan fingerprint density at radius 3 is 2.65 bits per heavy atom. The van der Waals surface area contributed by atoms with E-state index >= 15 is 0 Å². The number of aliphatic hydroxyl groups excluding tert-OH is 1. The van der Waals surface area contributed by atoms with Crippen LogP contribution in [0, 0.1) is 0 Å². The van der Waals surface area contributed by atoms with Gasteiger partial charge in [0.15, 0.2) is 0 Å². The molecule has 0 spiro atoms. The highest BCUT2D eigenvalue weighted by atomic mass is 16.3. The summed E-state index contributed by atoms with van der Waals surface area (Å²) in [7, 11) is 0. The van der Waals surface area contributed by atoms with Gasteiger partial charge < -0.3 is 20.2 Å². The second kappa shape index (κ2) is 7.07. The molecule has 0 saturated carbocycles. The van der Waals surface area contributed by atoms with Crippen molar-refractivity contribution in [1.82, 2.24) is 4.90 Å². The number of rotatable bonds is 6. The summed E-state index contributed by atoms with van der Waals surface area (Å²) >= 11 is 0. The number of piperazine rings is 1. The van der Waals surface area contributed by atoms with Crippen LogP contribution in [0.3, 0.4) is 0 Å². The summed E-state index contributed by atoms with van der Waals surface area (Å²) in [5, 5.41) is 9.30. The molecule has 0 aromatic heterocycles. The fourth-order valence-electron chi connectivity index (χ4n) is 4.02. The van der Waals surface area contributed by atoms with E-state index in [-0.39, 0.29) is 0 Å². The number of hydrogen-bond donors (Lipinski definition) is 2. The highest BCUT2D eigenvalue weighted by Crippen LogP contribution is 2.29. The van der Waals surface area contributed by atoms with Gasteiger partial charge in [0, 0.05) is 44.1 Å². The van der Waals surface area contributed by atoms with Crippen molar-refractivity contribution in [2.45, 2.75) is 13.3 Å². The summed E-state index contributed by atoms with van der Waals surface area (Å²) in [6, 6.07) is 6.31. The second-order valence-corrected chi connectivity index (χ2v) is 7.02. The van der Waals surface area contributed by atoms with Crippen LogP contribution in [0.15, 0.2) is 18.2 Å². The van der Waals surface area contributed by atoms with Crippen LogP contribution < -0.4 is 10.6 Å². The predicted octanol–water partition coefficient (Wildman–Crippen LogP) is 0.776. The van der Waals surface area contributed by atoms with E-state index in [2.05, 4.69) is 28.9 Å². The van der Waals surface area contributed by atoms with Crippen molar-refractivity contribution in [2.75, 3.05) is 76.1 Å². The topological polar surface area (TPSA) is 52.7 Å². The molecule has 1 aromatic carbocycles. The first-order valence-electron chi connectivity index (χ1n) is 8.97. The van der Waals surface area contributed by atoms with Gasteiger partial charge >= 0.3 is 0 Å². The van der Waals surface area contributed by atoms with Gasteiger partial charge in [0.2, 0.25) is 0 Å². The Morgan fingerprint density at radius 1 is 1.17 bits per heavy atom. The zero-order valence-electron chi connectivity index (χ0n) is 14.4. The molecule has 2 aliphatic rings. The largest absolute Gasteiger partial charge is 0.399 e. The lowest BCUT2D eigenvalue weighted by molar-refractivity contribution is -0.930. The minimum Gasteiger partial charge on any atom is -0.399 e. The molecule has 0 amide bonds. The van der Waals surface area contributed by atoms with Crippen LogP contribution in [0.25, 0.3) is 0 Å². The lowest BCUT2D eigenvalue weighted by Gasteiger charge is -2.44. The van der Waals surface area contributed by atoms with E-state index in [9.17, 15) is 5.11 Å². The van der Waals surface area contributed by atoms with Crippen molar-refractivity contribution in [3.8, 4) is 0 Å². The molecular formula is C18H31N4O+. The third-order valence-corrected chi connectivity index (χ3v) is 5.81. The third-order valence-electron chi connectivity index (χ3n) is 5.81. The molecule has 5 heteroatoms. The number of likely N-dealkylation sites (N-methyl/N-ethyl adjacent to an activating group) is 1. The highest BCUT2D eigenvalue weighted by Gasteiger charge is 2.31. The molecule has 1 fully saturated rings. The number of hydrogen-bond acceptors (Lipinski definition) is 4. The number of nitrogens with zero attached hydrogens (tertiary/aromatic N) is 3. The standard InChI is InChI=1S/C18H31N4O/c1-2-22(13-14-23)11-9-20(10-12-22)7-8-21-6-5-16-3-4-17(19)15-18(16)21/h3-4,15,23H,2,5-14,19H2,1H3/q+1. The van der Waals surface area contributed by atoms with Crippen LogP contribution in [0.4, 0.5) is 11.4 Å². The molecule has 2 heterocycles. The molecule has 0 radical (unpaired) electrons. The monoisotopic (exact) mass is 319 g/mol.